The first-order valence-corrected chi connectivity index (χ1v) is 8.72. The van der Waals surface area contributed by atoms with Gasteiger partial charge in [0.1, 0.15) is 12.4 Å². The number of aliphatic hydroxyl groups excluding tert-OH is 2. The van der Waals surface area contributed by atoms with Gasteiger partial charge in [-0.05, 0) is 44.4 Å². The second-order valence-electron chi connectivity index (χ2n) is 6.01. The van der Waals surface area contributed by atoms with Crippen LogP contribution in [-0.4, -0.2) is 38.5 Å². The first-order valence-electron chi connectivity index (χ1n) is 7.96. The fraction of sp³-hybridized carbons (Fsp3) is 0.562. The Labute approximate surface area is 169 Å². The van der Waals surface area contributed by atoms with E-state index in [1.54, 1.807) is 12.1 Å². The summed E-state index contributed by atoms with van der Waals surface area (Å²) < 4.78 is 1.98. The van der Waals surface area contributed by atoms with Crippen LogP contribution in [-0.2, 0) is 13.2 Å². The number of hydrogen-bond donors (Lipinski definition) is 3. The average Bonchev–Trinajstić information content (AvgIpc) is 2.87. The van der Waals surface area contributed by atoms with Crippen molar-refractivity contribution in [2.75, 3.05) is 6.54 Å². The van der Waals surface area contributed by atoms with Gasteiger partial charge in [0.25, 0.3) is 0 Å². The van der Waals surface area contributed by atoms with Crippen LogP contribution in [0.25, 0.3) is 11.0 Å². The summed E-state index contributed by atoms with van der Waals surface area (Å²) in [5.41, 5.74) is 1.61. The monoisotopic (exact) mass is 429 g/mol. The topological polar surface area (TPSA) is 70.3 Å². The second kappa shape index (κ2) is 10.2. The van der Waals surface area contributed by atoms with Crippen molar-refractivity contribution >= 4 is 59.0 Å². The molecule has 25 heavy (non-hydrogen) atoms. The first-order chi connectivity index (χ1) is 11.1. The highest BCUT2D eigenvalue weighted by atomic mass is 35.5. The molecule has 3 N–H and O–H groups in total. The van der Waals surface area contributed by atoms with Crippen molar-refractivity contribution in [1.82, 2.24) is 14.9 Å². The third-order valence-corrected chi connectivity index (χ3v) is 5.18. The number of halogens is 4. The van der Waals surface area contributed by atoms with E-state index in [-0.39, 0.29) is 43.6 Å². The fourth-order valence-corrected chi connectivity index (χ4v) is 3.56. The molecule has 0 saturated carbocycles. The molecule has 0 aliphatic carbocycles. The molecule has 1 fully saturated rings. The Hall–Kier alpha value is -0.270. The maximum atomic E-state index is 10.0. The van der Waals surface area contributed by atoms with Crippen LogP contribution < -0.4 is 5.32 Å². The molecule has 0 bridgehead atoms. The van der Waals surface area contributed by atoms with E-state index < -0.39 is 0 Å². The van der Waals surface area contributed by atoms with Crippen molar-refractivity contribution in [1.29, 1.82) is 0 Å². The Morgan fingerprint density at radius 2 is 1.96 bits per heavy atom. The number of piperidine rings is 1. The lowest BCUT2D eigenvalue weighted by Crippen LogP contribution is -2.44. The number of aryl methyl sites for hydroxylation is 1. The van der Waals surface area contributed by atoms with Crippen molar-refractivity contribution in [3.63, 3.8) is 0 Å². The van der Waals surface area contributed by atoms with Crippen LogP contribution in [0.15, 0.2) is 12.1 Å². The zero-order valence-electron chi connectivity index (χ0n) is 13.6. The lowest BCUT2D eigenvalue weighted by molar-refractivity contribution is 0.0908. The third-order valence-electron chi connectivity index (χ3n) is 4.46. The molecule has 1 aliphatic rings. The average molecular weight is 431 g/mol. The first kappa shape index (κ1) is 22.8. The van der Waals surface area contributed by atoms with Crippen LogP contribution >= 0.6 is 48.0 Å². The van der Waals surface area contributed by atoms with Gasteiger partial charge in [-0.2, -0.15) is 0 Å². The van der Waals surface area contributed by atoms with Gasteiger partial charge in [-0.1, -0.05) is 23.2 Å². The van der Waals surface area contributed by atoms with Crippen molar-refractivity contribution in [3.8, 4) is 0 Å². The molecule has 5 nitrogen and oxygen atoms in total. The van der Waals surface area contributed by atoms with Crippen LogP contribution in [0.3, 0.4) is 0 Å². The van der Waals surface area contributed by atoms with Gasteiger partial charge in [0, 0.05) is 12.6 Å². The summed E-state index contributed by atoms with van der Waals surface area (Å²) >= 11 is 12.1. The molecule has 1 aliphatic heterocycles. The van der Waals surface area contributed by atoms with Crippen molar-refractivity contribution in [2.24, 2.45) is 0 Å². The molecule has 142 valence electrons. The summed E-state index contributed by atoms with van der Waals surface area (Å²) in [6.45, 7) is 1.55. The minimum Gasteiger partial charge on any atom is -0.392 e. The van der Waals surface area contributed by atoms with E-state index in [4.69, 9.17) is 23.2 Å². The van der Waals surface area contributed by atoms with E-state index in [0.29, 0.717) is 15.9 Å². The van der Waals surface area contributed by atoms with Crippen molar-refractivity contribution in [2.45, 2.75) is 51.0 Å². The SMILES string of the molecule is Cl.Cl.OCc1nc2cc(Cl)c(Cl)cc2n1CCC[C@H]1NCCC[C@@H]1O. The number of hydrogen-bond acceptors (Lipinski definition) is 4. The molecule has 0 spiro atoms. The normalized spacial score (nSPS) is 20.2. The summed E-state index contributed by atoms with van der Waals surface area (Å²) in [7, 11) is 0. The predicted octanol–water partition coefficient (Wildman–Crippen LogP) is 3.57. The molecule has 0 radical (unpaired) electrons. The number of aliphatic hydroxyl groups is 2. The smallest absolute Gasteiger partial charge is 0.135 e. The zero-order valence-corrected chi connectivity index (χ0v) is 16.8. The van der Waals surface area contributed by atoms with E-state index >= 15 is 0 Å². The van der Waals surface area contributed by atoms with Crippen LogP contribution in [0.5, 0.6) is 0 Å². The molecule has 0 unspecified atom stereocenters. The van der Waals surface area contributed by atoms with Gasteiger partial charge in [-0.25, -0.2) is 4.98 Å². The summed E-state index contributed by atoms with van der Waals surface area (Å²) in [5.74, 6) is 0.607. The van der Waals surface area contributed by atoms with Gasteiger partial charge in [-0.15, -0.1) is 24.8 Å². The van der Waals surface area contributed by atoms with Gasteiger partial charge in [0.15, 0.2) is 0 Å². The maximum Gasteiger partial charge on any atom is 0.135 e. The molecule has 0 amide bonds. The van der Waals surface area contributed by atoms with E-state index in [2.05, 4.69) is 10.3 Å². The van der Waals surface area contributed by atoms with Gasteiger partial charge in [0.2, 0.25) is 0 Å². The Bertz CT molecular complexity index is 696. The highest BCUT2D eigenvalue weighted by Gasteiger charge is 2.22. The van der Waals surface area contributed by atoms with Gasteiger partial charge in [0.05, 0.1) is 27.2 Å². The van der Waals surface area contributed by atoms with Gasteiger partial charge < -0.3 is 20.1 Å². The molecule has 2 atom stereocenters. The molecule has 2 heterocycles. The van der Waals surface area contributed by atoms with E-state index in [1.807, 2.05) is 4.57 Å². The summed E-state index contributed by atoms with van der Waals surface area (Å²) in [4.78, 5) is 4.42. The zero-order chi connectivity index (χ0) is 16.4. The number of rotatable bonds is 5. The lowest BCUT2D eigenvalue weighted by atomic mass is 9.97. The molecule has 2 aromatic rings. The van der Waals surface area contributed by atoms with Crippen LogP contribution in [0.1, 0.15) is 31.5 Å². The highest BCUT2D eigenvalue weighted by molar-refractivity contribution is 6.42. The van der Waals surface area contributed by atoms with Crippen LogP contribution in [0.2, 0.25) is 10.0 Å². The predicted molar refractivity (Wildman–Crippen MR) is 106 cm³/mol. The Kier molecular flexibility index (Phi) is 9.26. The summed E-state index contributed by atoms with van der Waals surface area (Å²) in [5, 5.41) is 23.9. The molecular formula is C16H23Cl4N3O2. The van der Waals surface area contributed by atoms with Gasteiger partial charge in [-0.3, -0.25) is 0 Å². The Morgan fingerprint density at radius 3 is 2.64 bits per heavy atom. The molecule has 9 heteroatoms. The number of imidazole rings is 1. The van der Waals surface area contributed by atoms with Crippen molar-refractivity contribution in [3.05, 3.63) is 28.0 Å². The molecule has 1 saturated heterocycles. The van der Waals surface area contributed by atoms with E-state index in [9.17, 15) is 10.2 Å². The molecule has 1 aromatic carbocycles. The minimum atomic E-state index is -0.270. The lowest BCUT2D eigenvalue weighted by Gasteiger charge is -2.29. The van der Waals surface area contributed by atoms with E-state index in [1.165, 1.54) is 0 Å². The number of nitrogens with one attached hydrogen (secondary N) is 1. The maximum absolute atomic E-state index is 10.0. The van der Waals surface area contributed by atoms with Crippen LogP contribution in [0.4, 0.5) is 0 Å². The molecule has 1 aromatic heterocycles. The quantitative estimate of drug-likeness (QED) is 0.677. The van der Waals surface area contributed by atoms with Gasteiger partial charge >= 0.3 is 0 Å². The number of fused-ring (bicyclic) bond motifs is 1. The molecule has 3 rings (SSSR count). The third kappa shape index (κ3) is 5.13. The fourth-order valence-electron chi connectivity index (χ4n) is 3.24. The standard InChI is InChI=1S/C16H21Cl2N3O2.2ClH/c17-10-7-13-14(8-11(10)18)21(16(9-22)20-13)6-2-3-12-15(23)4-1-5-19-12;;/h7-8,12,15,19,22-23H,1-6,9H2;2*1H/t12-,15+;;/m1../s1. The van der Waals surface area contributed by atoms with Crippen LogP contribution in [0, 0.1) is 0 Å². The number of benzene rings is 1. The molecular weight excluding hydrogens is 408 g/mol. The minimum absolute atomic E-state index is 0. The number of aromatic nitrogens is 2. The Balaban J connectivity index is 0.00000156. The second-order valence-corrected chi connectivity index (χ2v) is 6.82. The van der Waals surface area contributed by atoms with Crippen molar-refractivity contribution < 1.29 is 10.2 Å². The largest absolute Gasteiger partial charge is 0.392 e. The van der Waals surface area contributed by atoms with E-state index in [0.717, 1.165) is 49.8 Å². The Morgan fingerprint density at radius 1 is 1.24 bits per heavy atom. The summed E-state index contributed by atoms with van der Waals surface area (Å²) in [6, 6.07) is 3.66. The number of nitrogens with zero attached hydrogens (tertiary/aromatic N) is 2. The highest BCUT2D eigenvalue weighted by Crippen LogP contribution is 2.28. The summed E-state index contributed by atoms with van der Waals surface area (Å²) in [6.07, 6.45) is 3.38.